The van der Waals surface area contributed by atoms with Crippen LogP contribution in [-0.2, 0) is 4.74 Å². The number of hydrogen-bond acceptors (Lipinski definition) is 3. The Morgan fingerprint density at radius 2 is 2.33 bits per heavy atom. The van der Waals surface area contributed by atoms with E-state index in [-0.39, 0.29) is 5.76 Å². The van der Waals surface area contributed by atoms with Crippen LogP contribution >= 0.6 is 0 Å². The summed E-state index contributed by atoms with van der Waals surface area (Å²) < 4.78 is 4.81. The first-order valence-electron chi connectivity index (χ1n) is 2.66. The van der Waals surface area contributed by atoms with Crippen molar-refractivity contribution in [3.8, 4) is 0 Å². The molecule has 0 unspecified atom stereocenters. The molecule has 0 aliphatic carbocycles. The van der Waals surface area contributed by atoms with Gasteiger partial charge in [0, 0.05) is 0 Å². The summed E-state index contributed by atoms with van der Waals surface area (Å²) in [6.07, 6.45) is 3.55. The monoisotopic (exact) mass is 128 g/mol. The van der Waals surface area contributed by atoms with Gasteiger partial charge in [-0.2, -0.15) is 0 Å². The number of hydrogen-bond donors (Lipinski definition) is 2. The van der Waals surface area contributed by atoms with Crippen molar-refractivity contribution in [3.05, 3.63) is 24.0 Å². The maximum atomic E-state index is 8.51. The van der Waals surface area contributed by atoms with Gasteiger partial charge in [0.15, 0.2) is 5.76 Å². The maximum Gasteiger partial charge on any atom is 0.211 e. The molecule has 0 aromatic rings. The summed E-state index contributed by atoms with van der Waals surface area (Å²) in [5.74, 6) is 0.206. The van der Waals surface area contributed by atoms with Crippen molar-refractivity contribution in [2.45, 2.75) is 6.29 Å². The Bertz CT molecular complexity index is 146. The number of ether oxygens (including phenoxy) is 1. The van der Waals surface area contributed by atoms with Gasteiger partial charge in [-0.3, -0.25) is 0 Å². The van der Waals surface area contributed by atoms with Crippen LogP contribution in [0.1, 0.15) is 0 Å². The van der Waals surface area contributed by atoms with Crippen LogP contribution in [0.5, 0.6) is 0 Å². The van der Waals surface area contributed by atoms with E-state index < -0.39 is 6.29 Å². The van der Waals surface area contributed by atoms with Crippen LogP contribution in [-0.4, -0.2) is 23.1 Å². The van der Waals surface area contributed by atoms with Crippen LogP contribution in [0.4, 0.5) is 0 Å². The minimum atomic E-state index is -1.48. The molecule has 2 N–H and O–H groups in total. The summed E-state index contributed by atoms with van der Waals surface area (Å²) >= 11 is 0. The molecule has 1 rings (SSSR count). The van der Waals surface area contributed by atoms with E-state index in [1.54, 1.807) is 12.2 Å². The van der Waals surface area contributed by atoms with E-state index in [1.165, 1.54) is 6.08 Å². The lowest BCUT2D eigenvalue weighted by molar-refractivity contribution is -0.0487. The first-order valence-corrected chi connectivity index (χ1v) is 2.66. The highest BCUT2D eigenvalue weighted by atomic mass is 16.5. The van der Waals surface area contributed by atoms with Gasteiger partial charge in [-0.05, 0) is 12.2 Å². The average molecular weight is 128 g/mol. The molecule has 1 heterocycles. The molecule has 0 atom stereocenters. The van der Waals surface area contributed by atoms with Crippen LogP contribution < -0.4 is 0 Å². The normalized spacial score (nSPS) is 17.4. The average Bonchev–Trinajstić information content (AvgIpc) is 1.90. The van der Waals surface area contributed by atoms with Crippen molar-refractivity contribution in [2.75, 3.05) is 6.61 Å². The lowest BCUT2D eigenvalue weighted by atomic mass is 10.3. The van der Waals surface area contributed by atoms with Crippen molar-refractivity contribution in [3.63, 3.8) is 0 Å². The van der Waals surface area contributed by atoms with Gasteiger partial charge in [0.25, 0.3) is 0 Å². The van der Waals surface area contributed by atoms with Gasteiger partial charge in [-0.1, -0.05) is 6.08 Å². The number of allylic oxidation sites excluding steroid dienone is 2. The summed E-state index contributed by atoms with van der Waals surface area (Å²) in [6.45, 7) is 0.420. The zero-order chi connectivity index (χ0) is 6.69. The van der Waals surface area contributed by atoms with E-state index in [4.69, 9.17) is 14.9 Å². The van der Waals surface area contributed by atoms with Gasteiger partial charge >= 0.3 is 0 Å². The third-order valence-corrected chi connectivity index (χ3v) is 0.997. The van der Waals surface area contributed by atoms with E-state index in [0.29, 0.717) is 6.61 Å². The molecule has 0 spiro atoms. The number of aliphatic hydroxyl groups excluding tert-OH is 1. The van der Waals surface area contributed by atoms with Gasteiger partial charge in [-0.15, -0.1) is 0 Å². The third-order valence-electron chi connectivity index (χ3n) is 0.997. The Morgan fingerprint density at radius 1 is 1.56 bits per heavy atom. The summed E-state index contributed by atoms with van der Waals surface area (Å²) in [5, 5.41) is 17.0. The Kier molecular flexibility index (Phi) is 1.87. The van der Waals surface area contributed by atoms with Gasteiger partial charge in [0.2, 0.25) is 6.29 Å². The van der Waals surface area contributed by atoms with Crippen molar-refractivity contribution in [2.24, 2.45) is 0 Å². The molecule has 1 aliphatic heterocycles. The highest BCUT2D eigenvalue weighted by Gasteiger charge is 2.07. The number of rotatable bonds is 1. The molecule has 3 heteroatoms. The molecule has 0 radical (unpaired) electrons. The molecule has 50 valence electrons. The van der Waals surface area contributed by atoms with Crippen LogP contribution in [0, 0.1) is 0 Å². The van der Waals surface area contributed by atoms with Gasteiger partial charge in [0.05, 0.1) is 0 Å². The van der Waals surface area contributed by atoms with Crippen molar-refractivity contribution < 1.29 is 14.9 Å². The predicted molar refractivity (Wildman–Crippen MR) is 31.4 cm³/mol. The smallest absolute Gasteiger partial charge is 0.211 e. The minimum Gasteiger partial charge on any atom is -0.488 e. The first kappa shape index (κ1) is 6.32. The fourth-order valence-electron chi connectivity index (χ4n) is 0.571. The quantitative estimate of drug-likeness (QED) is 0.479. The van der Waals surface area contributed by atoms with Crippen molar-refractivity contribution in [1.82, 2.24) is 0 Å². The third kappa shape index (κ3) is 1.55. The van der Waals surface area contributed by atoms with Gasteiger partial charge < -0.3 is 14.9 Å². The fraction of sp³-hybridized carbons (Fsp3) is 0.333. The predicted octanol–water partition coefficient (Wildman–Crippen LogP) is -0.233. The molecule has 0 amide bonds. The summed E-state index contributed by atoms with van der Waals surface area (Å²) in [5.41, 5.74) is 0. The van der Waals surface area contributed by atoms with Crippen LogP contribution in [0.2, 0.25) is 0 Å². The second kappa shape index (κ2) is 2.66. The molecular formula is C6H8O3. The van der Waals surface area contributed by atoms with E-state index >= 15 is 0 Å². The van der Waals surface area contributed by atoms with E-state index in [0.717, 1.165) is 0 Å². The van der Waals surface area contributed by atoms with Crippen LogP contribution in [0.15, 0.2) is 24.0 Å². The SMILES string of the molecule is OC(O)C1=CC=CCO1. The molecule has 0 saturated carbocycles. The molecule has 9 heavy (non-hydrogen) atoms. The Hall–Kier alpha value is -0.800. The van der Waals surface area contributed by atoms with E-state index in [2.05, 4.69) is 0 Å². The highest BCUT2D eigenvalue weighted by Crippen LogP contribution is 2.05. The Balaban J connectivity index is 2.57. The Labute approximate surface area is 52.9 Å². The molecule has 0 aromatic carbocycles. The van der Waals surface area contributed by atoms with Crippen LogP contribution in [0.3, 0.4) is 0 Å². The number of aliphatic hydroxyl groups is 2. The van der Waals surface area contributed by atoms with Crippen LogP contribution in [0.25, 0.3) is 0 Å². The molecule has 0 saturated heterocycles. The van der Waals surface area contributed by atoms with E-state index in [1.807, 2.05) is 0 Å². The van der Waals surface area contributed by atoms with E-state index in [9.17, 15) is 0 Å². The fourth-order valence-corrected chi connectivity index (χ4v) is 0.571. The Morgan fingerprint density at radius 3 is 2.67 bits per heavy atom. The molecule has 3 nitrogen and oxygen atoms in total. The standard InChI is InChI=1S/C6H8O3/c7-6(8)5-3-1-2-4-9-5/h1-3,6-8H,4H2. The minimum absolute atomic E-state index is 0.206. The van der Waals surface area contributed by atoms with Crippen molar-refractivity contribution >= 4 is 0 Å². The van der Waals surface area contributed by atoms with Gasteiger partial charge in [-0.25, -0.2) is 0 Å². The molecule has 0 bridgehead atoms. The van der Waals surface area contributed by atoms with Gasteiger partial charge in [0.1, 0.15) is 6.61 Å². The second-order valence-electron chi connectivity index (χ2n) is 1.68. The topological polar surface area (TPSA) is 49.7 Å². The first-order chi connectivity index (χ1) is 4.30. The summed E-state index contributed by atoms with van der Waals surface area (Å²) in [4.78, 5) is 0. The summed E-state index contributed by atoms with van der Waals surface area (Å²) in [6, 6.07) is 0. The second-order valence-corrected chi connectivity index (χ2v) is 1.68. The zero-order valence-electron chi connectivity index (χ0n) is 4.82. The maximum absolute atomic E-state index is 8.51. The lowest BCUT2D eigenvalue weighted by Gasteiger charge is -2.11. The zero-order valence-corrected chi connectivity index (χ0v) is 4.82. The molecule has 0 aromatic heterocycles. The van der Waals surface area contributed by atoms with Crippen molar-refractivity contribution in [1.29, 1.82) is 0 Å². The molecular weight excluding hydrogens is 120 g/mol. The largest absolute Gasteiger partial charge is 0.488 e. The molecule has 0 fully saturated rings. The lowest BCUT2D eigenvalue weighted by Crippen LogP contribution is -2.13. The highest BCUT2D eigenvalue weighted by molar-refractivity contribution is 5.12. The summed E-state index contributed by atoms with van der Waals surface area (Å²) in [7, 11) is 0. The molecule has 1 aliphatic rings.